The van der Waals surface area contributed by atoms with Crippen LogP contribution in [0.5, 0.6) is 0 Å². The predicted octanol–water partition coefficient (Wildman–Crippen LogP) is 2.92. The molecule has 0 atom stereocenters. The zero-order chi connectivity index (χ0) is 23.2. The smallest absolute Gasteiger partial charge is 0.410 e. The van der Waals surface area contributed by atoms with Gasteiger partial charge in [0.05, 0.1) is 37.2 Å². The van der Waals surface area contributed by atoms with Crippen molar-refractivity contribution in [3.63, 3.8) is 0 Å². The number of anilines is 2. The van der Waals surface area contributed by atoms with E-state index in [2.05, 4.69) is 16.0 Å². The fourth-order valence-electron chi connectivity index (χ4n) is 4.01. The number of rotatable bonds is 6. The Hall–Kier alpha value is -3.00. The molecule has 0 aliphatic carbocycles. The predicted molar refractivity (Wildman–Crippen MR) is 123 cm³/mol. The molecular weight excluding hydrogens is 442 g/mol. The van der Waals surface area contributed by atoms with Crippen LogP contribution >= 0.6 is 11.3 Å². The van der Waals surface area contributed by atoms with Crippen molar-refractivity contribution in [2.75, 3.05) is 50.9 Å². The number of hydrogen-bond acceptors (Lipinski definition) is 8. The topological polar surface area (TPSA) is 99.0 Å². The van der Waals surface area contributed by atoms with Crippen LogP contribution in [0, 0.1) is 11.3 Å². The van der Waals surface area contributed by atoms with Crippen molar-refractivity contribution in [3.8, 4) is 6.07 Å². The number of nitriles is 1. The van der Waals surface area contributed by atoms with Gasteiger partial charge in [-0.2, -0.15) is 5.26 Å². The molecule has 10 heteroatoms. The zero-order valence-electron chi connectivity index (χ0n) is 18.7. The quantitative estimate of drug-likeness (QED) is 0.641. The maximum atomic E-state index is 12.8. The van der Waals surface area contributed by atoms with E-state index in [0.717, 1.165) is 23.5 Å². The van der Waals surface area contributed by atoms with Crippen LogP contribution in [0.4, 0.5) is 15.5 Å². The summed E-state index contributed by atoms with van der Waals surface area (Å²) < 4.78 is 10.8. The molecule has 1 saturated heterocycles. The Morgan fingerprint density at radius 2 is 2.15 bits per heavy atom. The van der Waals surface area contributed by atoms with Crippen LogP contribution in [-0.2, 0) is 27.2 Å². The normalized spacial score (nSPS) is 16.1. The van der Waals surface area contributed by atoms with E-state index < -0.39 is 0 Å². The third-order valence-corrected chi connectivity index (χ3v) is 7.01. The third-order valence-electron chi connectivity index (χ3n) is 5.80. The standard InChI is InChI=1S/C23H27N5O4S/c1-2-21(29)28(17-4-3-6-25-15-17)22-19(14-24)18-5-7-27(16-20(18)33-22)23(30)32-13-10-26-8-11-31-12-9-26/h3-4,6,15H,2,5,7-13,16H2,1H3. The van der Waals surface area contributed by atoms with Crippen LogP contribution in [0.1, 0.15) is 29.3 Å². The lowest BCUT2D eigenvalue weighted by atomic mass is 10.0. The summed E-state index contributed by atoms with van der Waals surface area (Å²) >= 11 is 1.38. The highest BCUT2D eigenvalue weighted by Gasteiger charge is 2.31. The van der Waals surface area contributed by atoms with E-state index in [-0.39, 0.29) is 12.0 Å². The minimum absolute atomic E-state index is 0.113. The first-order chi connectivity index (χ1) is 16.1. The van der Waals surface area contributed by atoms with E-state index in [1.54, 1.807) is 41.2 Å². The van der Waals surface area contributed by atoms with Gasteiger partial charge in [-0.25, -0.2) is 4.79 Å². The Kier molecular flexibility index (Phi) is 7.54. The number of amides is 2. The van der Waals surface area contributed by atoms with E-state index in [4.69, 9.17) is 9.47 Å². The monoisotopic (exact) mass is 469 g/mol. The number of carbonyl (C=O) groups is 2. The number of morpholine rings is 1. The van der Waals surface area contributed by atoms with Crippen molar-refractivity contribution >= 4 is 34.0 Å². The van der Waals surface area contributed by atoms with Gasteiger partial charge in [-0.15, -0.1) is 11.3 Å². The minimum atomic E-state index is -0.351. The fourth-order valence-corrected chi connectivity index (χ4v) is 5.36. The van der Waals surface area contributed by atoms with E-state index in [1.807, 2.05) is 0 Å². The zero-order valence-corrected chi connectivity index (χ0v) is 19.5. The number of aromatic nitrogens is 1. The van der Waals surface area contributed by atoms with E-state index >= 15 is 0 Å². The highest BCUT2D eigenvalue weighted by Crippen LogP contribution is 2.42. The molecule has 2 amide bonds. The minimum Gasteiger partial charge on any atom is -0.448 e. The second-order valence-electron chi connectivity index (χ2n) is 7.83. The van der Waals surface area contributed by atoms with Crippen molar-refractivity contribution in [2.24, 2.45) is 0 Å². The van der Waals surface area contributed by atoms with Crippen LogP contribution in [0.15, 0.2) is 24.5 Å². The molecule has 0 N–H and O–H groups in total. The summed E-state index contributed by atoms with van der Waals surface area (Å²) in [6.07, 6.45) is 3.76. The molecule has 0 unspecified atom stereocenters. The largest absolute Gasteiger partial charge is 0.448 e. The lowest BCUT2D eigenvalue weighted by Crippen LogP contribution is -2.40. The fraction of sp³-hybridized carbons (Fsp3) is 0.478. The number of nitrogens with zero attached hydrogens (tertiary/aromatic N) is 5. The summed E-state index contributed by atoms with van der Waals surface area (Å²) in [7, 11) is 0. The first-order valence-electron chi connectivity index (χ1n) is 11.1. The molecule has 2 aliphatic heterocycles. The summed E-state index contributed by atoms with van der Waals surface area (Å²) in [5.74, 6) is -0.113. The number of carbonyl (C=O) groups excluding carboxylic acids is 2. The van der Waals surface area contributed by atoms with Crippen molar-refractivity contribution in [3.05, 3.63) is 40.5 Å². The van der Waals surface area contributed by atoms with Gasteiger partial charge in [0.25, 0.3) is 0 Å². The summed E-state index contributed by atoms with van der Waals surface area (Å²) in [6.45, 7) is 6.78. The van der Waals surface area contributed by atoms with E-state index in [1.165, 1.54) is 11.3 Å². The molecule has 0 spiro atoms. The number of pyridine rings is 1. The van der Waals surface area contributed by atoms with E-state index in [9.17, 15) is 14.9 Å². The van der Waals surface area contributed by atoms with Crippen molar-refractivity contribution < 1.29 is 19.1 Å². The van der Waals surface area contributed by atoms with Gasteiger partial charge in [-0.1, -0.05) is 6.92 Å². The number of thiophene rings is 1. The maximum absolute atomic E-state index is 12.8. The molecule has 2 aromatic rings. The number of ether oxygens (including phenoxy) is 2. The molecule has 2 aliphatic rings. The summed E-state index contributed by atoms with van der Waals surface area (Å²) in [6, 6.07) is 5.86. The van der Waals surface area contributed by atoms with Gasteiger partial charge in [0.2, 0.25) is 5.91 Å². The molecule has 33 heavy (non-hydrogen) atoms. The van der Waals surface area contributed by atoms with E-state index in [0.29, 0.717) is 68.5 Å². The van der Waals surface area contributed by atoms with Gasteiger partial charge in [-0.3, -0.25) is 19.6 Å². The second kappa shape index (κ2) is 10.7. The molecule has 0 radical (unpaired) electrons. The molecule has 4 heterocycles. The van der Waals surface area contributed by atoms with Gasteiger partial charge >= 0.3 is 6.09 Å². The lowest BCUT2D eigenvalue weighted by Gasteiger charge is -2.28. The Balaban J connectivity index is 1.48. The Bertz CT molecular complexity index is 1030. The first-order valence-corrected chi connectivity index (χ1v) is 11.9. The van der Waals surface area contributed by atoms with Crippen LogP contribution in [0.3, 0.4) is 0 Å². The van der Waals surface area contributed by atoms with Gasteiger partial charge < -0.3 is 14.4 Å². The van der Waals surface area contributed by atoms with Crippen molar-refractivity contribution in [1.82, 2.24) is 14.8 Å². The summed E-state index contributed by atoms with van der Waals surface area (Å²) in [5, 5.41) is 10.5. The third kappa shape index (κ3) is 5.16. The van der Waals surface area contributed by atoms with Crippen LogP contribution in [-0.4, -0.2) is 72.8 Å². The molecule has 174 valence electrons. The molecule has 9 nitrogen and oxygen atoms in total. The molecule has 0 saturated carbocycles. The SMILES string of the molecule is CCC(=O)N(c1cccnc1)c1sc2c(c1C#N)CCN(C(=O)OCCN1CCOCC1)C2. The van der Waals surface area contributed by atoms with Crippen LogP contribution in [0.2, 0.25) is 0 Å². The summed E-state index contributed by atoms with van der Waals surface area (Å²) in [5.41, 5.74) is 2.03. The van der Waals surface area contributed by atoms with Gasteiger partial charge in [0, 0.05) is 43.7 Å². The number of fused-ring (bicyclic) bond motifs is 1. The first kappa shape index (κ1) is 23.2. The molecule has 0 aromatic carbocycles. The summed E-state index contributed by atoms with van der Waals surface area (Å²) in [4.78, 5) is 36.0. The highest BCUT2D eigenvalue weighted by atomic mass is 32.1. The Morgan fingerprint density at radius 3 is 2.85 bits per heavy atom. The average Bonchev–Trinajstić information content (AvgIpc) is 3.22. The molecular formula is C23H27N5O4S. The second-order valence-corrected chi connectivity index (χ2v) is 8.91. The Morgan fingerprint density at radius 1 is 1.33 bits per heavy atom. The van der Waals surface area contributed by atoms with Crippen molar-refractivity contribution in [1.29, 1.82) is 5.26 Å². The van der Waals surface area contributed by atoms with Gasteiger partial charge in [-0.05, 0) is 24.1 Å². The van der Waals surface area contributed by atoms with Crippen LogP contribution < -0.4 is 4.90 Å². The highest BCUT2D eigenvalue weighted by molar-refractivity contribution is 7.16. The van der Waals surface area contributed by atoms with Gasteiger partial charge in [0.15, 0.2) is 0 Å². The molecule has 1 fully saturated rings. The number of hydrogen-bond donors (Lipinski definition) is 0. The van der Waals surface area contributed by atoms with Crippen molar-refractivity contribution in [2.45, 2.75) is 26.3 Å². The van der Waals surface area contributed by atoms with Gasteiger partial charge in [0.1, 0.15) is 17.7 Å². The molecule has 4 rings (SSSR count). The maximum Gasteiger partial charge on any atom is 0.410 e. The lowest BCUT2D eigenvalue weighted by molar-refractivity contribution is -0.117. The Labute approximate surface area is 197 Å². The average molecular weight is 470 g/mol. The van der Waals surface area contributed by atoms with Crippen LogP contribution in [0.25, 0.3) is 0 Å². The molecule has 2 aromatic heterocycles. The molecule has 0 bridgehead atoms.